The van der Waals surface area contributed by atoms with Crippen LogP contribution in [0.3, 0.4) is 0 Å². The summed E-state index contributed by atoms with van der Waals surface area (Å²) in [4.78, 5) is 23.7. The number of carbonyl (C=O) groups is 1. The first-order chi connectivity index (χ1) is 14.7. The summed E-state index contributed by atoms with van der Waals surface area (Å²) in [7, 11) is -1.18. The Morgan fingerprint density at radius 2 is 1.84 bits per heavy atom. The Kier molecular flexibility index (Phi) is 6.39. The number of cyclic esters (lactones) is 1. The third-order valence-corrected chi connectivity index (χ3v) is 5.79. The molecule has 0 bridgehead atoms. The van der Waals surface area contributed by atoms with Crippen LogP contribution in [0.1, 0.15) is 12.0 Å². The van der Waals surface area contributed by atoms with E-state index in [-0.39, 0.29) is 29.3 Å². The fraction of sp³-hybridized carbons (Fsp3) is 0.263. The number of rotatable bonds is 8. The Balaban J connectivity index is 1.96. The highest BCUT2D eigenvalue weighted by Gasteiger charge is 2.30. The van der Waals surface area contributed by atoms with E-state index in [2.05, 4.69) is 9.93 Å². The van der Waals surface area contributed by atoms with Crippen molar-refractivity contribution in [1.29, 1.82) is 0 Å². The Morgan fingerprint density at radius 3 is 2.39 bits per heavy atom. The third-order valence-electron chi connectivity index (χ3n) is 4.57. The van der Waals surface area contributed by atoms with E-state index >= 15 is 0 Å². The second-order valence-corrected chi connectivity index (χ2v) is 8.16. The molecule has 0 spiro atoms. The lowest BCUT2D eigenvalue weighted by molar-refractivity contribution is -0.384. The number of nitrogens with one attached hydrogen (secondary N) is 1. The van der Waals surface area contributed by atoms with Crippen LogP contribution in [-0.2, 0) is 19.6 Å². The molecule has 0 radical (unpaired) electrons. The molecule has 0 amide bonds. The van der Waals surface area contributed by atoms with Gasteiger partial charge in [0, 0.05) is 23.6 Å². The molecule has 11 nitrogen and oxygen atoms in total. The van der Waals surface area contributed by atoms with Gasteiger partial charge in [-0.1, -0.05) is 0 Å². The lowest BCUT2D eigenvalue weighted by atomic mass is 9.95. The predicted octanol–water partition coefficient (Wildman–Crippen LogP) is 1.86. The molecule has 0 aromatic heterocycles. The topological polar surface area (TPSA) is 146 Å². The average molecular weight is 449 g/mol. The van der Waals surface area contributed by atoms with Gasteiger partial charge in [-0.05, 0) is 30.3 Å². The normalized spacial score (nSPS) is 16.5. The van der Waals surface area contributed by atoms with Gasteiger partial charge < -0.3 is 14.2 Å². The number of carbonyl (C=O) groups excluding carboxylic acids is 1. The summed E-state index contributed by atoms with van der Waals surface area (Å²) < 4.78 is 40.7. The number of esters is 1. The Hall–Kier alpha value is -3.67. The molecule has 0 unspecified atom stereocenters. The van der Waals surface area contributed by atoms with Crippen molar-refractivity contribution in [2.75, 3.05) is 20.8 Å². The highest BCUT2D eigenvalue weighted by Crippen LogP contribution is 2.30. The van der Waals surface area contributed by atoms with Crippen molar-refractivity contribution in [1.82, 2.24) is 4.83 Å². The van der Waals surface area contributed by atoms with E-state index in [4.69, 9.17) is 14.2 Å². The maximum Gasteiger partial charge on any atom is 0.306 e. The van der Waals surface area contributed by atoms with Gasteiger partial charge in [0.25, 0.3) is 15.7 Å². The van der Waals surface area contributed by atoms with Crippen molar-refractivity contribution in [3.8, 4) is 11.5 Å². The number of hydrogen-bond acceptors (Lipinski definition) is 9. The minimum absolute atomic E-state index is 0.0342. The number of benzene rings is 2. The van der Waals surface area contributed by atoms with E-state index in [0.717, 1.165) is 24.3 Å². The van der Waals surface area contributed by atoms with Crippen molar-refractivity contribution in [3.63, 3.8) is 0 Å². The molecule has 164 valence electrons. The van der Waals surface area contributed by atoms with E-state index in [1.807, 2.05) is 0 Å². The van der Waals surface area contributed by atoms with Gasteiger partial charge in [0.1, 0.15) is 6.61 Å². The van der Waals surface area contributed by atoms with Gasteiger partial charge in [0.15, 0.2) is 11.5 Å². The Bertz CT molecular complexity index is 1130. The molecule has 3 rings (SSSR count). The molecule has 0 saturated carbocycles. The summed E-state index contributed by atoms with van der Waals surface area (Å²) in [6.07, 6.45) is 0.0342. The molecule has 0 aliphatic carbocycles. The number of nitro groups is 1. The number of hydrazone groups is 1. The zero-order chi connectivity index (χ0) is 22.6. The van der Waals surface area contributed by atoms with Crippen molar-refractivity contribution in [2.45, 2.75) is 11.3 Å². The van der Waals surface area contributed by atoms with Gasteiger partial charge in [-0.2, -0.15) is 18.4 Å². The minimum atomic E-state index is -4.12. The average Bonchev–Trinajstić information content (AvgIpc) is 3.19. The quantitative estimate of drug-likeness (QED) is 0.278. The van der Waals surface area contributed by atoms with E-state index in [1.54, 1.807) is 18.2 Å². The number of non-ortho nitro benzene ring substituents is 1. The van der Waals surface area contributed by atoms with Crippen LogP contribution in [-0.4, -0.2) is 45.8 Å². The molecule has 31 heavy (non-hydrogen) atoms. The predicted molar refractivity (Wildman–Crippen MR) is 109 cm³/mol. The minimum Gasteiger partial charge on any atom is -0.493 e. The number of nitrogens with zero attached hydrogens (tertiary/aromatic N) is 2. The Labute approximate surface area is 177 Å². The monoisotopic (exact) mass is 449 g/mol. The molecule has 2 aromatic carbocycles. The van der Waals surface area contributed by atoms with Crippen LogP contribution in [0.5, 0.6) is 11.5 Å². The lowest BCUT2D eigenvalue weighted by Gasteiger charge is -2.15. The van der Waals surface area contributed by atoms with Crippen LogP contribution in [0.25, 0.3) is 0 Å². The van der Waals surface area contributed by atoms with E-state index in [0.29, 0.717) is 17.1 Å². The summed E-state index contributed by atoms with van der Waals surface area (Å²) in [6, 6.07) is 9.27. The maximum absolute atomic E-state index is 12.6. The van der Waals surface area contributed by atoms with Crippen molar-refractivity contribution < 1.29 is 32.3 Å². The van der Waals surface area contributed by atoms with Gasteiger partial charge >= 0.3 is 5.97 Å². The van der Waals surface area contributed by atoms with Crippen LogP contribution in [0.2, 0.25) is 0 Å². The van der Waals surface area contributed by atoms with Gasteiger partial charge in [-0.25, -0.2) is 0 Å². The molecule has 1 N–H and O–H groups in total. The second-order valence-electron chi connectivity index (χ2n) is 6.50. The van der Waals surface area contributed by atoms with Crippen LogP contribution >= 0.6 is 0 Å². The van der Waals surface area contributed by atoms with Crippen molar-refractivity contribution in [2.24, 2.45) is 11.0 Å². The van der Waals surface area contributed by atoms with Gasteiger partial charge in [-0.15, -0.1) is 0 Å². The molecule has 2 aromatic rings. The van der Waals surface area contributed by atoms with Gasteiger partial charge in [-0.3, -0.25) is 14.9 Å². The zero-order valence-electron chi connectivity index (χ0n) is 16.6. The molecule has 1 heterocycles. The molecular formula is C19H19N3O8S. The second kappa shape index (κ2) is 9.00. The van der Waals surface area contributed by atoms with Gasteiger partial charge in [0.05, 0.1) is 36.2 Å². The number of sulfonamides is 1. The molecule has 1 saturated heterocycles. The number of nitro benzene ring substituents is 1. The van der Waals surface area contributed by atoms with Crippen LogP contribution in [0, 0.1) is 16.0 Å². The largest absolute Gasteiger partial charge is 0.493 e. The lowest BCUT2D eigenvalue weighted by Crippen LogP contribution is -2.24. The smallest absolute Gasteiger partial charge is 0.306 e. The molecule has 1 atom stereocenters. The SMILES string of the molecule is COc1ccc(/C(=N/NS(=O)(=O)c2ccc([N+](=O)[O-])cc2)[C@@H]2COC(=O)C2)cc1OC. The summed E-state index contributed by atoms with van der Waals surface area (Å²) in [6.45, 7) is 0.0469. The standard InChI is InChI=1S/C19H19N3O8S/c1-28-16-8-3-12(9-17(16)29-2)19(13-10-18(23)30-11-13)20-21-31(26,27)15-6-4-14(5-7-15)22(24)25/h3-9,13,21H,10-11H2,1-2H3/b20-19-/t13-/m0/s1. The highest BCUT2D eigenvalue weighted by atomic mass is 32.2. The first-order valence-corrected chi connectivity index (χ1v) is 10.5. The Morgan fingerprint density at radius 1 is 1.16 bits per heavy atom. The highest BCUT2D eigenvalue weighted by molar-refractivity contribution is 7.89. The molecule has 1 aliphatic rings. The van der Waals surface area contributed by atoms with Crippen LogP contribution in [0.4, 0.5) is 5.69 Å². The molecule has 1 aliphatic heterocycles. The van der Waals surface area contributed by atoms with E-state index < -0.39 is 26.8 Å². The first-order valence-electron chi connectivity index (χ1n) is 8.97. The zero-order valence-corrected chi connectivity index (χ0v) is 17.4. The summed E-state index contributed by atoms with van der Waals surface area (Å²) >= 11 is 0. The van der Waals surface area contributed by atoms with E-state index in [1.165, 1.54) is 14.2 Å². The third kappa shape index (κ3) is 4.91. The summed E-state index contributed by atoms with van der Waals surface area (Å²) in [5.74, 6) is -0.0338. The van der Waals surface area contributed by atoms with Crippen molar-refractivity contribution >= 4 is 27.4 Å². The van der Waals surface area contributed by atoms with Gasteiger partial charge in [0.2, 0.25) is 0 Å². The first kappa shape index (κ1) is 22.0. The van der Waals surface area contributed by atoms with Crippen molar-refractivity contribution in [3.05, 3.63) is 58.1 Å². The molecular weight excluding hydrogens is 430 g/mol. The molecule has 12 heteroatoms. The summed E-state index contributed by atoms with van der Waals surface area (Å²) in [5, 5.41) is 14.8. The maximum atomic E-state index is 12.6. The number of hydrogen-bond donors (Lipinski definition) is 1. The summed E-state index contributed by atoms with van der Waals surface area (Å²) in [5.41, 5.74) is 0.541. The number of ether oxygens (including phenoxy) is 3. The fourth-order valence-corrected chi connectivity index (χ4v) is 3.80. The number of methoxy groups -OCH3 is 2. The van der Waals surface area contributed by atoms with Crippen LogP contribution < -0.4 is 14.3 Å². The fourth-order valence-electron chi connectivity index (χ4n) is 2.98. The molecule has 1 fully saturated rings. The van der Waals surface area contributed by atoms with Crippen LogP contribution in [0.15, 0.2) is 52.5 Å². The van der Waals surface area contributed by atoms with E-state index in [9.17, 15) is 23.3 Å².